The first-order valence-corrected chi connectivity index (χ1v) is 7.42. The molecular formula is C15H17ClN2O2S. The summed E-state index contributed by atoms with van der Waals surface area (Å²) in [4.78, 5) is 14.1. The molecule has 1 atom stereocenters. The van der Waals surface area contributed by atoms with Crippen LogP contribution in [0.15, 0.2) is 35.5 Å². The van der Waals surface area contributed by atoms with Gasteiger partial charge in [-0.2, -0.15) is 0 Å². The molecule has 1 N–H and O–H groups in total. The molecule has 0 spiro atoms. The van der Waals surface area contributed by atoms with Crippen LogP contribution in [0.3, 0.4) is 0 Å². The molecule has 0 saturated carbocycles. The Morgan fingerprint density at radius 2 is 2.05 bits per heavy atom. The van der Waals surface area contributed by atoms with Gasteiger partial charge in [-0.25, -0.2) is 4.79 Å². The molecule has 1 aliphatic rings. The molecule has 1 aromatic carbocycles. The highest BCUT2D eigenvalue weighted by atomic mass is 35.5. The Morgan fingerprint density at radius 1 is 1.43 bits per heavy atom. The van der Waals surface area contributed by atoms with Crippen LogP contribution in [0.25, 0.3) is 0 Å². The molecule has 1 aromatic rings. The van der Waals surface area contributed by atoms with Gasteiger partial charge in [-0.15, -0.1) is 0 Å². The Hall–Kier alpha value is -1.59. The minimum Gasteiger partial charge on any atom is -0.463 e. The average Bonchev–Trinajstić information content (AvgIpc) is 2.45. The van der Waals surface area contributed by atoms with Gasteiger partial charge in [0.25, 0.3) is 0 Å². The van der Waals surface area contributed by atoms with Crippen LogP contribution in [-0.2, 0) is 9.53 Å². The number of allylic oxidation sites excluding steroid dienone is 1. The molecule has 0 unspecified atom stereocenters. The lowest BCUT2D eigenvalue weighted by Crippen LogP contribution is -2.46. The van der Waals surface area contributed by atoms with E-state index in [1.165, 1.54) is 0 Å². The molecule has 2 rings (SSSR count). The average molecular weight is 325 g/mol. The smallest absolute Gasteiger partial charge is 0.338 e. The summed E-state index contributed by atoms with van der Waals surface area (Å²) >= 11 is 11.2. The standard InChI is InChI=1S/C15H17ClN2O2S/c1-4-20-14(19)12-9(2)18(3)15(21)17-13(12)10-5-7-11(16)8-6-10/h5-8,13H,4H2,1-3H3,(H,17,21)/t13-/m1/s1. The van der Waals surface area contributed by atoms with E-state index in [9.17, 15) is 4.79 Å². The zero-order chi connectivity index (χ0) is 15.6. The van der Waals surface area contributed by atoms with E-state index >= 15 is 0 Å². The van der Waals surface area contributed by atoms with Crippen molar-refractivity contribution >= 4 is 34.9 Å². The summed E-state index contributed by atoms with van der Waals surface area (Å²) in [6.45, 7) is 3.98. The molecular weight excluding hydrogens is 308 g/mol. The first-order valence-electron chi connectivity index (χ1n) is 6.63. The van der Waals surface area contributed by atoms with Gasteiger partial charge in [0.15, 0.2) is 5.11 Å². The van der Waals surface area contributed by atoms with Gasteiger partial charge >= 0.3 is 5.97 Å². The molecule has 1 heterocycles. The summed E-state index contributed by atoms with van der Waals surface area (Å²) in [5, 5.41) is 4.39. The fourth-order valence-electron chi connectivity index (χ4n) is 2.21. The first kappa shape index (κ1) is 15.8. The number of nitrogens with zero attached hydrogens (tertiary/aromatic N) is 1. The van der Waals surface area contributed by atoms with E-state index in [0.717, 1.165) is 11.3 Å². The Balaban J connectivity index is 2.48. The lowest BCUT2D eigenvalue weighted by molar-refractivity contribution is -0.139. The Labute approximate surface area is 134 Å². The second-order valence-corrected chi connectivity index (χ2v) is 5.54. The maximum atomic E-state index is 12.3. The summed E-state index contributed by atoms with van der Waals surface area (Å²) in [5.74, 6) is -0.336. The van der Waals surface area contributed by atoms with Crippen LogP contribution in [0.2, 0.25) is 5.02 Å². The lowest BCUT2D eigenvalue weighted by atomic mass is 9.95. The third-order valence-corrected chi connectivity index (χ3v) is 4.10. The van der Waals surface area contributed by atoms with Crippen LogP contribution < -0.4 is 5.32 Å². The van der Waals surface area contributed by atoms with E-state index in [2.05, 4.69) is 5.32 Å². The summed E-state index contributed by atoms with van der Waals surface area (Å²) in [7, 11) is 1.82. The van der Waals surface area contributed by atoms with Crippen molar-refractivity contribution in [2.75, 3.05) is 13.7 Å². The Kier molecular flexibility index (Phi) is 4.85. The number of esters is 1. The van der Waals surface area contributed by atoms with Gasteiger partial charge in [0.1, 0.15) is 0 Å². The summed E-state index contributed by atoms with van der Waals surface area (Å²) in [6, 6.07) is 7.00. The molecule has 0 radical (unpaired) electrons. The largest absolute Gasteiger partial charge is 0.463 e. The number of thiocarbonyl (C=S) groups is 1. The van der Waals surface area contributed by atoms with Gasteiger partial charge in [-0.3, -0.25) is 0 Å². The number of hydrogen-bond donors (Lipinski definition) is 1. The lowest BCUT2D eigenvalue weighted by Gasteiger charge is -2.35. The quantitative estimate of drug-likeness (QED) is 0.683. The highest BCUT2D eigenvalue weighted by Crippen LogP contribution is 2.31. The van der Waals surface area contributed by atoms with E-state index < -0.39 is 0 Å². The normalized spacial score (nSPS) is 18.6. The fourth-order valence-corrected chi connectivity index (χ4v) is 2.59. The van der Waals surface area contributed by atoms with Crippen molar-refractivity contribution < 1.29 is 9.53 Å². The topological polar surface area (TPSA) is 41.6 Å². The molecule has 6 heteroatoms. The van der Waals surface area contributed by atoms with Crippen LogP contribution in [0.5, 0.6) is 0 Å². The summed E-state index contributed by atoms with van der Waals surface area (Å²) in [5.41, 5.74) is 2.27. The summed E-state index contributed by atoms with van der Waals surface area (Å²) in [6.07, 6.45) is 0. The maximum Gasteiger partial charge on any atom is 0.338 e. The van der Waals surface area contributed by atoms with Gasteiger partial charge in [0.2, 0.25) is 0 Å². The predicted molar refractivity (Wildman–Crippen MR) is 87.0 cm³/mol. The zero-order valence-corrected chi connectivity index (χ0v) is 13.7. The van der Waals surface area contributed by atoms with Crippen molar-refractivity contribution in [2.45, 2.75) is 19.9 Å². The molecule has 0 aromatic heterocycles. The molecule has 21 heavy (non-hydrogen) atoms. The summed E-state index contributed by atoms with van der Waals surface area (Å²) < 4.78 is 5.18. The minimum atomic E-state index is -0.336. The molecule has 0 bridgehead atoms. The first-order chi connectivity index (χ1) is 9.95. The molecule has 0 saturated heterocycles. The number of hydrogen-bond acceptors (Lipinski definition) is 3. The van der Waals surface area contributed by atoms with Crippen LogP contribution >= 0.6 is 23.8 Å². The maximum absolute atomic E-state index is 12.3. The number of halogens is 1. The number of nitrogens with one attached hydrogen (secondary N) is 1. The molecule has 112 valence electrons. The van der Waals surface area contributed by atoms with Crippen LogP contribution in [0.4, 0.5) is 0 Å². The molecule has 1 aliphatic heterocycles. The van der Waals surface area contributed by atoms with Crippen molar-refractivity contribution in [3.8, 4) is 0 Å². The third-order valence-electron chi connectivity index (χ3n) is 3.45. The zero-order valence-electron chi connectivity index (χ0n) is 12.1. The van der Waals surface area contributed by atoms with Crippen molar-refractivity contribution in [1.29, 1.82) is 0 Å². The monoisotopic (exact) mass is 324 g/mol. The second-order valence-electron chi connectivity index (χ2n) is 4.71. The predicted octanol–water partition coefficient (Wildman–Crippen LogP) is 3.04. The molecule has 0 aliphatic carbocycles. The number of carbonyl (C=O) groups is 1. The number of benzene rings is 1. The van der Waals surface area contributed by atoms with Crippen molar-refractivity contribution in [3.63, 3.8) is 0 Å². The number of rotatable bonds is 3. The second kappa shape index (κ2) is 6.45. The Morgan fingerprint density at radius 3 is 2.62 bits per heavy atom. The number of carbonyl (C=O) groups excluding carboxylic acids is 1. The fraction of sp³-hybridized carbons (Fsp3) is 0.333. The van der Waals surface area contributed by atoms with Crippen molar-refractivity contribution in [2.24, 2.45) is 0 Å². The number of ether oxygens (including phenoxy) is 1. The van der Waals surface area contributed by atoms with E-state index in [-0.39, 0.29) is 12.0 Å². The van der Waals surface area contributed by atoms with E-state index in [1.54, 1.807) is 24.0 Å². The SMILES string of the molecule is CCOC(=O)C1=C(C)N(C)C(=S)N[C@@H]1c1ccc(Cl)cc1. The van der Waals surface area contributed by atoms with Gasteiger partial charge in [-0.05, 0) is 43.8 Å². The molecule has 4 nitrogen and oxygen atoms in total. The van der Waals surface area contributed by atoms with Gasteiger partial charge < -0.3 is 15.0 Å². The van der Waals surface area contributed by atoms with Gasteiger partial charge in [0, 0.05) is 17.8 Å². The highest BCUT2D eigenvalue weighted by molar-refractivity contribution is 7.80. The van der Waals surface area contributed by atoms with E-state index in [4.69, 9.17) is 28.6 Å². The van der Waals surface area contributed by atoms with Gasteiger partial charge in [0.05, 0.1) is 18.2 Å². The van der Waals surface area contributed by atoms with Crippen LogP contribution in [0.1, 0.15) is 25.5 Å². The van der Waals surface area contributed by atoms with Crippen LogP contribution in [0, 0.1) is 0 Å². The highest BCUT2D eigenvalue weighted by Gasteiger charge is 2.33. The molecule has 0 fully saturated rings. The van der Waals surface area contributed by atoms with E-state index in [1.807, 2.05) is 26.1 Å². The van der Waals surface area contributed by atoms with Crippen LogP contribution in [-0.4, -0.2) is 29.6 Å². The van der Waals surface area contributed by atoms with Crippen molar-refractivity contribution in [3.05, 3.63) is 46.1 Å². The van der Waals surface area contributed by atoms with Gasteiger partial charge in [-0.1, -0.05) is 23.7 Å². The minimum absolute atomic E-state index is 0.329. The van der Waals surface area contributed by atoms with Crippen molar-refractivity contribution in [1.82, 2.24) is 10.2 Å². The Bertz CT molecular complexity index is 598. The third kappa shape index (κ3) is 3.19. The van der Waals surface area contributed by atoms with E-state index in [0.29, 0.717) is 22.3 Å². The molecule has 0 amide bonds.